The smallest absolute Gasteiger partial charge is 0.117 e. The third-order valence-corrected chi connectivity index (χ3v) is 2.92. The summed E-state index contributed by atoms with van der Waals surface area (Å²) in [6.45, 7) is 2.13. The molecule has 2 nitrogen and oxygen atoms in total. The third kappa shape index (κ3) is 0.803. The van der Waals surface area contributed by atoms with Crippen LogP contribution in [0.4, 0.5) is 0 Å². The summed E-state index contributed by atoms with van der Waals surface area (Å²) in [6, 6.07) is 10.7. The molecular formula is C12H12N2. The van der Waals surface area contributed by atoms with Crippen molar-refractivity contribution >= 4 is 16.6 Å². The molecule has 3 aromatic rings. The van der Waals surface area contributed by atoms with Gasteiger partial charge in [-0.1, -0.05) is 18.2 Å². The van der Waals surface area contributed by atoms with E-state index in [9.17, 15) is 0 Å². The summed E-state index contributed by atoms with van der Waals surface area (Å²) in [5.41, 5.74) is 3.82. The lowest BCUT2D eigenvalue weighted by atomic mass is 10.2. The zero-order chi connectivity index (χ0) is 9.71. The molecule has 0 aliphatic heterocycles. The summed E-state index contributed by atoms with van der Waals surface area (Å²) >= 11 is 0. The van der Waals surface area contributed by atoms with Crippen molar-refractivity contribution in [1.29, 1.82) is 0 Å². The number of benzene rings is 1. The number of hydrogen-bond acceptors (Lipinski definition) is 0. The molecule has 0 N–H and O–H groups in total. The maximum Gasteiger partial charge on any atom is 0.117 e. The van der Waals surface area contributed by atoms with Gasteiger partial charge < -0.3 is 8.97 Å². The molecule has 0 bridgehead atoms. The van der Waals surface area contributed by atoms with Crippen LogP contribution in [-0.2, 0) is 7.05 Å². The fourth-order valence-corrected chi connectivity index (χ4v) is 2.01. The summed E-state index contributed by atoms with van der Waals surface area (Å²) in [7, 11) is 2.10. The average molecular weight is 184 g/mol. The van der Waals surface area contributed by atoms with E-state index in [0.717, 1.165) is 0 Å². The van der Waals surface area contributed by atoms with Crippen LogP contribution in [0.5, 0.6) is 0 Å². The van der Waals surface area contributed by atoms with Gasteiger partial charge >= 0.3 is 0 Å². The Morgan fingerprint density at radius 1 is 1.14 bits per heavy atom. The summed E-state index contributed by atoms with van der Waals surface area (Å²) in [5.74, 6) is 0. The molecule has 0 fully saturated rings. The Balaban J connectivity index is 2.60. The molecule has 1 aromatic carbocycles. The largest absolute Gasteiger partial charge is 0.333 e. The Morgan fingerprint density at radius 3 is 2.79 bits per heavy atom. The Labute approximate surface area is 82.4 Å². The van der Waals surface area contributed by atoms with Gasteiger partial charge in [0.2, 0.25) is 0 Å². The second-order valence-electron chi connectivity index (χ2n) is 3.76. The van der Waals surface area contributed by atoms with Gasteiger partial charge in [0.05, 0.1) is 5.52 Å². The number of hydrogen-bond donors (Lipinski definition) is 0. The first-order valence-electron chi connectivity index (χ1n) is 4.79. The Kier molecular flexibility index (Phi) is 1.32. The minimum atomic E-state index is 1.25. The zero-order valence-corrected chi connectivity index (χ0v) is 8.36. The summed E-state index contributed by atoms with van der Waals surface area (Å²) in [6.07, 6.45) is 2.18. The second-order valence-corrected chi connectivity index (χ2v) is 3.76. The number of fused-ring (bicyclic) bond motifs is 3. The molecule has 0 radical (unpaired) electrons. The molecular weight excluding hydrogens is 172 g/mol. The van der Waals surface area contributed by atoms with Gasteiger partial charge in [-0.3, -0.25) is 0 Å². The summed E-state index contributed by atoms with van der Waals surface area (Å²) in [4.78, 5) is 0. The van der Waals surface area contributed by atoms with Crippen LogP contribution in [0.15, 0.2) is 36.5 Å². The lowest BCUT2D eigenvalue weighted by Gasteiger charge is -1.92. The standard InChI is InChI=1S/C12H12N2/c1-9-8-14-11-6-4-3-5-10(11)7-12(14)13(9)2/h3-8H,1-2H3. The fourth-order valence-electron chi connectivity index (χ4n) is 2.01. The van der Waals surface area contributed by atoms with E-state index in [1.165, 1.54) is 22.2 Å². The molecule has 2 aromatic heterocycles. The first-order valence-corrected chi connectivity index (χ1v) is 4.79. The molecule has 2 heteroatoms. The van der Waals surface area contributed by atoms with Crippen LogP contribution >= 0.6 is 0 Å². The van der Waals surface area contributed by atoms with Crippen molar-refractivity contribution in [2.75, 3.05) is 0 Å². The maximum absolute atomic E-state index is 2.24. The minimum Gasteiger partial charge on any atom is -0.333 e. The number of aryl methyl sites for hydroxylation is 2. The van der Waals surface area contributed by atoms with Crippen LogP contribution in [0.1, 0.15) is 5.69 Å². The van der Waals surface area contributed by atoms with Crippen molar-refractivity contribution in [2.24, 2.45) is 7.05 Å². The van der Waals surface area contributed by atoms with Gasteiger partial charge in [-0.2, -0.15) is 0 Å². The lowest BCUT2D eigenvalue weighted by molar-refractivity contribution is 0.915. The van der Waals surface area contributed by atoms with E-state index >= 15 is 0 Å². The van der Waals surface area contributed by atoms with E-state index in [1.807, 2.05) is 0 Å². The maximum atomic E-state index is 2.24. The van der Waals surface area contributed by atoms with Crippen molar-refractivity contribution in [3.63, 3.8) is 0 Å². The van der Waals surface area contributed by atoms with Crippen LogP contribution in [0, 0.1) is 6.92 Å². The van der Waals surface area contributed by atoms with Crippen LogP contribution < -0.4 is 0 Å². The van der Waals surface area contributed by atoms with Gasteiger partial charge in [0, 0.05) is 24.3 Å². The minimum absolute atomic E-state index is 1.25. The van der Waals surface area contributed by atoms with Gasteiger partial charge in [0.15, 0.2) is 0 Å². The molecule has 0 amide bonds. The topological polar surface area (TPSA) is 9.34 Å². The zero-order valence-electron chi connectivity index (χ0n) is 8.36. The highest BCUT2D eigenvalue weighted by Gasteiger charge is 2.06. The molecule has 14 heavy (non-hydrogen) atoms. The lowest BCUT2D eigenvalue weighted by Crippen LogP contribution is -1.88. The van der Waals surface area contributed by atoms with Crippen LogP contribution in [0.25, 0.3) is 16.6 Å². The normalized spacial score (nSPS) is 11.6. The highest BCUT2D eigenvalue weighted by molar-refractivity contribution is 5.86. The Bertz CT molecular complexity index is 614. The molecule has 2 heterocycles. The van der Waals surface area contributed by atoms with Gasteiger partial charge in [-0.25, -0.2) is 0 Å². The highest BCUT2D eigenvalue weighted by atomic mass is 15.1. The predicted molar refractivity (Wildman–Crippen MR) is 58.6 cm³/mol. The quantitative estimate of drug-likeness (QED) is 0.508. The van der Waals surface area contributed by atoms with Crippen molar-refractivity contribution < 1.29 is 0 Å². The van der Waals surface area contributed by atoms with E-state index in [1.54, 1.807) is 0 Å². The molecule has 3 rings (SSSR count). The Hall–Kier alpha value is -1.70. The molecule has 0 atom stereocenters. The van der Waals surface area contributed by atoms with Gasteiger partial charge in [0.1, 0.15) is 5.65 Å². The van der Waals surface area contributed by atoms with E-state index < -0.39 is 0 Å². The first kappa shape index (κ1) is 7.68. The van der Waals surface area contributed by atoms with Crippen molar-refractivity contribution in [3.05, 3.63) is 42.2 Å². The number of para-hydroxylation sites is 1. The van der Waals surface area contributed by atoms with Gasteiger partial charge in [-0.05, 0) is 19.1 Å². The van der Waals surface area contributed by atoms with Crippen molar-refractivity contribution in [2.45, 2.75) is 6.92 Å². The van der Waals surface area contributed by atoms with Crippen LogP contribution in [0.3, 0.4) is 0 Å². The highest BCUT2D eigenvalue weighted by Crippen LogP contribution is 2.21. The van der Waals surface area contributed by atoms with Gasteiger partial charge in [0.25, 0.3) is 0 Å². The third-order valence-electron chi connectivity index (χ3n) is 2.92. The molecule has 0 aliphatic carbocycles. The van der Waals surface area contributed by atoms with Gasteiger partial charge in [-0.15, -0.1) is 0 Å². The fraction of sp³-hybridized carbons (Fsp3) is 0.167. The van der Waals surface area contributed by atoms with E-state index in [2.05, 4.69) is 59.5 Å². The second kappa shape index (κ2) is 2.41. The van der Waals surface area contributed by atoms with Crippen LogP contribution in [0.2, 0.25) is 0 Å². The molecule has 0 spiro atoms. The van der Waals surface area contributed by atoms with Crippen molar-refractivity contribution in [3.8, 4) is 0 Å². The van der Waals surface area contributed by atoms with Crippen molar-refractivity contribution in [1.82, 2.24) is 8.97 Å². The summed E-state index contributed by atoms with van der Waals surface area (Å²) < 4.78 is 4.45. The summed E-state index contributed by atoms with van der Waals surface area (Å²) in [5, 5.41) is 1.30. The van der Waals surface area contributed by atoms with E-state index in [0.29, 0.717) is 0 Å². The number of nitrogens with zero attached hydrogens (tertiary/aromatic N) is 2. The Morgan fingerprint density at radius 2 is 1.93 bits per heavy atom. The number of rotatable bonds is 0. The average Bonchev–Trinajstić information content (AvgIpc) is 2.67. The molecule has 0 saturated heterocycles. The SMILES string of the molecule is Cc1cn2c3ccccc3cc2n1C. The predicted octanol–water partition coefficient (Wildman–Crippen LogP) is 2.74. The molecule has 0 saturated carbocycles. The molecule has 0 unspecified atom stereocenters. The van der Waals surface area contributed by atoms with Crippen LogP contribution in [-0.4, -0.2) is 8.97 Å². The first-order chi connectivity index (χ1) is 6.77. The van der Waals surface area contributed by atoms with E-state index in [4.69, 9.17) is 0 Å². The molecule has 70 valence electrons. The number of aromatic nitrogens is 2. The molecule has 0 aliphatic rings. The van der Waals surface area contributed by atoms with E-state index in [-0.39, 0.29) is 0 Å². The monoisotopic (exact) mass is 184 g/mol. The number of imidazole rings is 1.